The summed E-state index contributed by atoms with van der Waals surface area (Å²) in [6.07, 6.45) is 0. The van der Waals surface area contributed by atoms with E-state index < -0.39 is 22.0 Å². The van der Waals surface area contributed by atoms with Crippen LogP contribution in [-0.4, -0.2) is 39.0 Å². The first kappa shape index (κ1) is 20.9. The molecule has 2 aromatic carbocycles. The van der Waals surface area contributed by atoms with Crippen LogP contribution < -0.4 is 4.74 Å². The van der Waals surface area contributed by atoms with E-state index in [-0.39, 0.29) is 23.6 Å². The van der Waals surface area contributed by atoms with E-state index in [4.69, 9.17) is 9.47 Å². The topological polar surface area (TPSA) is 72.9 Å². The summed E-state index contributed by atoms with van der Waals surface area (Å²) in [4.78, 5) is 12.0. The van der Waals surface area contributed by atoms with E-state index in [1.54, 1.807) is 33.1 Å². The van der Waals surface area contributed by atoms with Crippen molar-refractivity contribution in [1.82, 2.24) is 4.31 Å². The van der Waals surface area contributed by atoms with Crippen LogP contribution >= 0.6 is 0 Å². The molecule has 146 valence electrons. The molecular formula is C20H25NO5S. The number of hydrogen-bond donors (Lipinski definition) is 0. The normalized spacial score (nSPS) is 12.6. The van der Waals surface area contributed by atoms with E-state index in [1.165, 1.54) is 16.4 Å². The van der Waals surface area contributed by atoms with Gasteiger partial charge in [-0.2, -0.15) is 4.31 Å². The number of carbonyl (C=O) groups is 1. The first-order chi connectivity index (χ1) is 12.8. The Kier molecular flexibility index (Phi) is 6.98. The minimum Gasteiger partial charge on any atom is -0.497 e. The van der Waals surface area contributed by atoms with E-state index in [0.717, 1.165) is 5.56 Å². The van der Waals surface area contributed by atoms with Crippen LogP contribution in [0.2, 0.25) is 0 Å². The summed E-state index contributed by atoms with van der Waals surface area (Å²) in [6, 6.07) is 12.8. The van der Waals surface area contributed by atoms with Gasteiger partial charge in [0.25, 0.3) is 0 Å². The van der Waals surface area contributed by atoms with Gasteiger partial charge in [-0.05, 0) is 49.7 Å². The lowest BCUT2D eigenvalue weighted by molar-refractivity contribution is 0.0526. The predicted molar refractivity (Wildman–Crippen MR) is 103 cm³/mol. The van der Waals surface area contributed by atoms with Gasteiger partial charge in [0.15, 0.2) is 0 Å². The molecule has 6 nitrogen and oxygen atoms in total. The molecule has 0 heterocycles. The van der Waals surface area contributed by atoms with Crippen LogP contribution in [-0.2, 0) is 14.8 Å². The Morgan fingerprint density at radius 2 is 1.81 bits per heavy atom. The van der Waals surface area contributed by atoms with Gasteiger partial charge >= 0.3 is 5.97 Å². The van der Waals surface area contributed by atoms with Gasteiger partial charge in [-0.15, -0.1) is 0 Å². The largest absolute Gasteiger partial charge is 0.497 e. The lowest BCUT2D eigenvalue weighted by Gasteiger charge is -2.28. The molecule has 0 aromatic heterocycles. The maximum absolute atomic E-state index is 13.2. The molecule has 27 heavy (non-hydrogen) atoms. The molecule has 0 radical (unpaired) electrons. The van der Waals surface area contributed by atoms with Gasteiger partial charge in [-0.3, -0.25) is 0 Å². The molecule has 0 fully saturated rings. The Labute approximate surface area is 160 Å². The average molecular weight is 391 g/mol. The zero-order chi connectivity index (χ0) is 20.0. The molecule has 0 amide bonds. The van der Waals surface area contributed by atoms with Crippen molar-refractivity contribution >= 4 is 16.0 Å². The van der Waals surface area contributed by atoms with E-state index in [9.17, 15) is 13.2 Å². The molecule has 1 unspecified atom stereocenters. The molecule has 7 heteroatoms. The average Bonchev–Trinajstić information content (AvgIpc) is 2.68. The number of rotatable bonds is 8. The number of carbonyl (C=O) groups excluding carboxylic acids is 1. The van der Waals surface area contributed by atoms with Gasteiger partial charge in [0.05, 0.1) is 24.2 Å². The van der Waals surface area contributed by atoms with Crippen molar-refractivity contribution in [3.63, 3.8) is 0 Å². The first-order valence-electron chi connectivity index (χ1n) is 8.78. The molecule has 0 aliphatic heterocycles. The maximum atomic E-state index is 13.2. The van der Waals surface area contributed by atoms with Crippen LogP contribution in [0.3, 0.4) is 0 Å². The highest BCUT2D eigenvalue weighted by molar-refractivity contribution is 7.89. The Morgan fingerprint density at radius 1 is 1.11 bits per heavy atom. The molecule has 1 atom stereocenters. The third-order valence-electron chi connectivity index (χ3n) is 4.27. The Bertz CT molecular complexity index is 895. The molecule has 0 aliphatic rings. The monoisotopic (exact) mass is 391 g/mol. The number of hydrogen-bond acceptors (Lipinski definition) is 5. The highest BCUT2D eigenvalue weighted by atomic mass is 32.2. The maximum Gasteiger partial charge on any atom is 0.338 e. The van der Waals surface area contributed by atoms with E-state index >= 15 is 0 Å². The summed E-state index contributed by atoms with van der Waals surface area (Å²) in [7, 11) is -2.24. The van der Waals surface area contributed by atoms with Crippen molar-refractivity contribution in [3.8, 4) is 5.75 Å². The zero-order valence-corrected chi connectivity index (χ0v) is 16.8. The fourth-order valence-corrected chi connectivity index (χ4v) is 4.53. The number of ether oxygens (including phenoxy) is 2. The molecular weight excluding hydrogens is 366 g/mol. The highest BCUT2D eigenvalue weighted by Crippen LogP contribution is 2.29. The second-order valence-electron chi connectivity index (χ2n) is 5.91. The van der Waals surface area contributed by atoms with Gasteiger partial charge in [0.2, 0.25) is 10.0 Å². The van der Waals surface area contributed by atoms with Crippen LogP contribution in [0.5, 0.6) is 5.75 Å². The lowest BCUT2D eigenvalue weighted by Crippen LogP contribution is -2.33. The summed E-state index contributed by atoms with van der Waals surface area (Å²) in [5.41, 5.74) is 1.03. The second kappa shape index (κ2) is 9.01. The summed E-state index contributed by atoms with van der Waals surface area (Å²) in [6.45, 7) is 5.82. The van der Waals surface area contributed by atoms with Gasteiger partial charge in [-0.1, -0.05) is 25.1 Å². The number of benzene rings is 2. The molecule has 0 bridgehead atoms. The SMILES string of the molecule is CCOC(=O)c1cccc(S(=O)(=O)N(CC)C(C)c2cccc(OC)c2)c1. The summed E-state index contributed by atoms with van der Waals surface area (Å²) >= 11 is 0. The van der Waals surface area contributed by atoms with Gasteiger partial charge < -0.3 is 9.47 Å². The Morgan fingerprint density at radius 3 is 2.44 bits per heavy atom. The minimum absolute atomic E-state index is 0.0599. The molecule has 2 rings (SSSR count). The van der Waals surface area contributed by atoms with Gasteiger partial charge in [-0.25, -0.2) is 13.2 Å². The Balaban J connectivity index is 2.40. The number of sulfonamides is 1. The zero-order valence-electron chi connectivity index (χ0n) is 16.0. The number of esters is 1. The van der Waals surface area contributed by atoms with E-state index in [0.29, 0.717) is 5.75 Å². The van der Waals surface area contributed by atoms with Crippen molar-refractivity contribution in [2.45, 2.75) is 31.7 Å². The first-order valence-corrected chi connectivity index (χ1v) is 10.2. The third-order valence-corrected chi connectivity index (χ3v) is 6.31. The second-order valence-corrected chi connectivity index (χ2v) is 7.80. The summed E-state index contributed by atoms with van der Waals surface area (Å²) in [5.74, 6) is 0.121. The van der Waals surface area contributed by atoms with Crippen LogP contribution in [0.25, 0.3) is 0 Å². The van der Waals surface area contributed by atoms with Crippen molar-refractivity contribution in [2.24, 2.45) is 0 Å². The van der Waals surface area contributed by atoms with E-state index in [1.807, 2.05) is 31.2 Å². The number of methoxy groups -OCH3 is 1. The third kappa shape index (κ3) is 4.67. The number of nitrogens with zero attached hydrogens (tertiary/aromatic N) is 1. The molecule has 0 saturated heterocycles. The molecule has 0 aliphatic carbocycles. The van der Waals surface area contributed by atoms with Crippen LogP contribution in [0.1, 0.15) is 42.7 Å². The van der Waals surface area contributed by atoms with Gasteiger partial charge in [0.1, 0.15) is 5.75 Å². The summed E-state index contributed by atoms with van der Waals surface area (Å²) in [5, 5.41) is 0. The Hall–Kier alpha value is -2.38. The van der Waals surface area contributed by atoms with Crippen molar-refractivity contribution < 1.29 is 22.7 Å². The van der Waals surface area contributed by atoms with Crippen LogP contribution in [0, 0.1) is 0 Å². The van der Waals surface area contributed by atoms with Crippen molar-refractivity contribution in [2.75, 3.05) is 20.3 Å². The standard InChI is InChI=1S/C20H25NO5S/c1-5-21(15(3)16-9-7-11-18(13-16)25-4)27(23,24)19-12-8-10-17(14-19)20(22)26-6-2/h7-15H,5-6H2,1-4H3. The minimum atomic E-state index is -3.80. The van der Waals surface area contributed by atoms with E-state index in [2.05, 4.69) is 0 Å². The molecule has 0 N–H and O–H groups in total. The molecule has 0 spiro atoms. The van der Waals surface area contributed by atoms with Crippen LogP contribution in [0.4, 0.5) is 0 Å². The fourth-order valence-electron chi connectivity index (χ4n) is 2.85. The lowest BCUT2D eigenvalue weighted by atomic mass is 10.1. The smallest absolute Gasteiger partial charge is 0.338 e. The molecule has 2 aromatic rings. The summed E-state index contributed by atoms with van der Waals surface area (Å²) < 4.78 is 38.0. The fraction of sp³-hybridized carbons (Fsp3) is 0.350. The quantitative estimate of drug-likeness (QED) is 0.642. The van der Waals surface area contributed by atoms with Crippen molar-refractivity contribution in [1.29, 1.82) is 0 Å². The highest BCUT2D eigenvalue weighted by Gasteiger charge is 2.29. The van der Waals surface area contributed by atoms with Crippen molar-refractivity contribution in [3.05, 3.63) is 59.7 Å². The predicted octanol–water partition coefficient (Wildman–Crippen LogP) is 3.64. The van der Waals surface area contributed by atoms with Crippen LogP contribution in [0.15, 0.2) is 53.4 Å². The molecule has 0 saturated carbocycles. The van der Waals surface area contributed by atoms with Gasteiger partial charge in [0, 0.05) is 12.6 Å².